The fraction of sp³-hybridized carbons (Fsp3) is 0.0588. The van der Waals surface area contributed by atoms with Gasteiger partial charge in [-0.1, -0.05) is 159 Å². The monoisotopic (exact) mass is 874 g/mol. The second-order valence-electron chi connectivity index (χ2n) is 11.9. The van der Waals surface area contributed by atoms with E-state index in [1.807, 2.05) is 43.3 Å². The summed E-state index contributed by atoms with van der Waals surface area (Å²) in [5.41, 5.74) is 6.75. The van der Waals surface area contributed by atoms with E-state index in [1.54, 1.807) is 42.5 Å². The van der Waals surface area contributed by atoms with Crippen LogP contribution in [0.3, 0.4) is 0 Å². The maximum Gasteiger partial charge on any atom is 0.134 e. The van der Waals surface area contributed by atoms with Crippen molar-refractivity contribution in [1.29, 1.82) is 0 Å². The first kappa shape index (κ1) is 52.1. The van der Waals surface area contributed by atoms with Crippen LogP contribution in [0.15, 0.2) is 155 Å². The fourth-order valence-electron chi connectivity index (χ4n) is 4.52. The molecule has 1 nitrogen and oxygen atoms in total. The summed E-state index contributed by atoms with van der Waals surface area (Å²) in [6, 6.07) is 30.7. The van der Waals surface area contributed by atoms with Crippen LogP contribution in [-0.2, 0) is 0 Å². The molecule has 6 aromatic carbocycles. The lowest BCUT2D eigenvalue weighted by Crippen LogP contribution is -1.86. The molecule has 0 saturated carbocycles. The molecule has 6 rings (SSSR count). The van der Waals surface area contributed by atoms with Crippen LogP contribution >= 0.6 is 34.8 Å². The Balaban J connectivity index is 0.000000360. The Kier molecular flexibility index (Phi) is 24.7. The average Bonchev–Trinajstić information content (AvgIpc) is 3.22. The molecule has 0 unspecified atom stereocenters. The van der Waals surface area contributed by atoms with Crippen molar-refractivity contribution in [2.45, 2.75) is 13.8 Å². The SMILES string of the molecule is C=Cc1c(C)cccc1Cl.C=Cc1ccc(Cl)cc1F.C=Cc1ccc(F)cc1Cl.C=Cc1ccc(F)cc1F.C=Cc1ccc(OC)cc1F.C=Cc1ccccc1C. The van der Waals surface area contributed by atoms with E-state index in [-0.39, 0.29) is 17.5 Å². The van der Waals surface area contributed by atoms with Crippen LogP contribution in [0.2, 0.25) is 15.1 Å². The van der Waals surface area contributed by atoms with Crippen LogP contribution in [0.1, 0.15) is 44.5 Å². The van der Waals surface area contributed by atoms with Crippen molar-refractivity contribution in [3.05, 3.63) is 243 Å². The van der Waals surface area contributed by atoms with Gasteiger partial charge < -0.3 is 4.74 Å². The Hall–Kier alpha value is -5.92. The number of halogens is 8. The molecule has 0 spiro atoms. The molecule has 312 valence electrons. The summed E-state index contributed by atoms with van der Waals surface area (Å²) in [6.45, 7) is 25.2. The number of aryl methyl sites for hydroxylation is 2. The van der Waals surface area contributed by atoms with Gasteiger partial charge in [0.1, 0.15) is 34.8 Å². The molecular formula is C51H46Cl3F5O. The number of rotatable bonds is 7. The van der Waals surface area contributed by atoms with E-state index in [0.717, 1.165) is 22.2 Å². The topological polar surface area (TPSA) is 9.23 Å². The summed E-state index contributed by atoms with van der Waals surface area (Å²) in [7, 11) is 1.50. The molecule has 0 aliphatic rings. The van der Waals surface area contributed by atoms with Crippen LogP contribution in [0.25, 0.3) is 36.5 Å². The molecule has 0 radical (unpaired) electrons. The molecule has 0 aliphatic heterocycles. The predicted octanol–water partition coefficient (Wildman–Crippen LogP) is 17.3. The van der Waals surface area contributed by atoms with Gasteiger partial charge >= 0.3 is 0 Å². The second-order valence-corrected chi connectivity index (χ2v) is 13.2. The highest BCUT2D eigenvalue weighted by Crippen LogP contribution is 2.21. The smallest absolute Gasteiger partial charge is 0.134 e. The van der Waals surface area contributed by atoms with Crippen molar-refractivity contribution in [3.8, 4) is 5.75 Å². The number of benzene rings is 6. The lowest BCUT2D eigenvalue weighted by molar-refractivity contribution is 0.411. The fourth-order valence-corrected chi connectivity index (χ4v) is 5.22. The third-order valence-electron chi connectivity index (χ3n) is 7.86. The number of methoxy groups -OCH3 is 1. The van der Waals surface area contributed by atoms with Gasteiger partial charge in [0.05, 0.1) is 12.1 Å². The Morgan fingerprint density at radius 1 is 0.433 bits per heavy atom. The van der Waals surface area contributed by atoms with Crippen molar-refractivity contribution >= 4 is 71.3 Å². The summed E-state index contributed by atoms with van der Waals surface area (Å²) >= 11 is 17.0. The zero-order chi connectivity index (χ0) is 45.2. The zero-order valence-corrected chi connectivity index (χ0v) is 35.9. The number of ether oxygens (including phenoxy) is 1. The lowest BCUT2D eigenvalue weighted by Gasteiger charge is -2.00. The second kappa shape index (κ2) is 28.5. The predicted molar refractivity (Wildman–Crippen MR) is 250 cm³/mol. The standard InChI is InChI=1S/C9H9Cl.C9H9FO.C9H10.2C8H6ClF.C8H6F2/c1-3-8-7(2)5-4-6-9(8)10;1-3-7-4-5-8(11-2)6-9(7)10;1-3-9-7-5-4-6-8(9)2;1-2-6-3-4-7(10)5-8(6)9;2*1-2-6-3-4-7(9)5-8(6)10/h3-6H,1H2,2H3;3-6H,1H2,2H3;3-7H,1H2,2H3;3*2-5H,1H2. The van der Waals surface area contributed by atoms with E-state index in [2.05, 4.69) is 58.5 Å². The minimum atomic E-state index is -0.574. The van der Waals surface area contributed by atoms with Crippen LogP contribution in [0, 0.1) is 42.9 Å². The molecule has 9 heteroatoms. The van der Waals surface area contributed by atoms with E-state index in [9.17, 15) is 22.0 Å². The Morgan fingerprint density at radius 2 is 0.900 bits per heavy atom. The molecular weight excluding hydrogens is 830 g/mol. The maximum absolute atomic E-state index is 12.9. The van der Waals surface area contributed by atoms with Gasteiger partial charge in [-0.15, -0.1) is 0 Å². The molecule has 6 aromatic rings. The Labute approximate surface area is 366 Å². The van der Waals surface area contributed by atoms with E-state index in [1.165, 1.54) is 78.4 Å². The van der Waals surface area contributed by atoms with Gasteiger partial charge in [0.2, 0.25) is 0 Å². The van der Waals surface area contributed by atoms with Gasteiger partial charge in [0.25, 0.3) is 0 Å². The van der Waals surface area contributed by atoms with Gasteiger partial charge in [0.15, 0.2) is 0 Å². The van der Waals surface area contributed by atoms with E-state index >= 15 is 0 Å². The van der Waals surface area contributed by atoms with E-state index < -0.39 is 11.6 Å². The summed E-state index contributed by atoms with van der Waals surface area (Å²) in [4.78, 5) is 0. The first-order valence-electron chi connectivity index (χ1n) is 17.8. The minimum absolute atomic E-state index is 0.306. The third kappa shape index (κ3) is 18.8. The van der Waals surface area contributed by atoms with E-state index in [4.69, 9.17) is 39.5 Å². The largest absolute Gasteiger partial charge is 0.497 e. The molecule has 0 aliphatic carbocycles. The summed E-state index contributed by atoms with van der Waals surface area (Å²) in [5.74, 6) is -1.58. The highest BCUT2D eigenvalue weighted by atomic mass is 35.5. The Bertz CT molecular complexity index is 2200. The Morgan fingerprint density at radius 3 is 1.32 bits per heavy atom. The summed E-state index contributed by atoms with van der Waals surface area (Å²) < 4.78 is 67.5. The van der Waals surface area contributed by atoms with Crippen molar-refractivity contribution in [2.24, 2.45) is 0 Å². The van der Waals surface area contributed by atoms with Crippen molar-refractivity contribution in [3.63, 3.8) is 0 Å². The van der Waals surface area contributed by atoms with Crippen molar-refractivity contribution in [1.82, 2.24) is 0 Å². The molecule has 0 atom stereocenters. The quantitative estimate of drug-likeness (QED) is 0.145. The molecule has 0 saturated heterocycles. The van der Waals surface area contributed by atoms with Crippen LogP contribution in [-0.4, -0.2) is 7.11 Å². The van der Waals surface area contributed by atoms with E-state index in [0.29, 0.717) is 32.5 Å². The number of hydrogen-bond acceptors (Lipinski definition) is 1. The molecule has 0 amide bonds. The molecule has 60 heavy (non-hydrogen) atoms. The first-order valence-corrected chi connectivity index (χ1v) is 19.0. The van der Waals surface area contributed by atoms with Gasteiger partial charge in [-0.2, -0.15) is 0 Å². The third-order valence-corrected chi connectivity index (χ3v) is 8.75. The molecule has 0 bridgehead atoms. The highest BCUT2D eigenvalue weighted by molar-refractivity contribution is 6.32. The van der Waals surface area contributed by atoms with Gasteiger partial charge in [-0.3, -0.25) is 0 Å². The van der Waals surface area contributed by atoms with Crippen LogP contribution in [0.5, 0.6) is 5.75 Å². The molecule has 0 fully saturated rings. The maximum atomic E-state index is 12.9. The van der Waals surface area contributed by atoms with Gasteiger partial charge in [-0.05, 0) is 96.3 Å². The highest BCUT2D eigenvalue weighted by Gasteiger charge is 2.01. The normalized spacial score (nSPS) is 9.32. The summed E-state index contributed by atoms with van der Waals surface area (Å²) in [6.07, 6.45) is 9.49. The van der Waals surface area contributed by atoms with Crippen molar-refractivity contribution < 1.29 is 26.7 Å². The average molecular weight is 876 g/mol. The van der Waals surface area contributed by atoms with Crippen LogP contribution in [0.4, 0.5) is 22.0 Å². The molecule has 0 aromatic heterocycles. The molecule has 0 heterocycles. The lowest BCUT2D eigenvalue weighted by atomic mass is 10.1. The van der Waals surface area contributed by atoms with Crippen molar-refractivity contribution in [2.75, 3.05) is 7.11 Å². The zero-order valence-electron chi connectivity index (χ0n) is 33.6. The minimum Gasteiger partial charge on any atom is -0.497 e. The van der Waals surface area contributed by atoms with Gasteiger partial charge in [0, 0.05) is 38.9 Å². The molecule has 0 N–H and O–H groups in total. The summed E-state index contributed by atoms with van der Waals surface area (Å²) in [5, 5.41) is 1.58. The van der Waals surface area contributed by atoms with Gasteiger partial charge in [-0.25, -0.2) is 22.0 Å². The number of hydrogen-bond donors (Lipinski definition) is 0. The first-order chi connectivity index (χ1) is 28.6. The van der Waals surface area contributed by atoms with Crippen LogP contribution < -0.4 is 4.74 Å².